The Morgan fingerprint density at radius 1 is 0.833 bits per heavy atom. The van der Waals surface area contributed by atoms with Crippen LogP contribution in [0.4, 0.5) is 11.5 Å². The van der Waals surface area contributed by atoms with Gasteiger partial charge in [0.05, 0.1) is 10.7 Å². The molecular weight excluding hydrogens is 318 g/mol. The first kappa shape index (κ1) is 19.8. The average molecular weight is 342 g/mol. The van der Waals surface area contributed by atoms with Gasteiger partial charge in [0.25, 0.3) is 0 Å². The van der Waals surface area contributed by atoms with E-state index in [0.717, 1.165) is 11.3 Å². The van der Waals surface area contributed by atoms with Crippen molar-refractivity contribution in [2.45, 2.75) is 34.6 Å². The number of hydrogen-bond acceptors (Lipinski definition) is 3. The zero-order valence-corrected chi connectivity index (χ0v) is 15.7. The normalized spacial score (nSPS) is 9.92. The molecule has 0 aliphatic heterocycles. The fraction of sp³-hybridized carbons (Fsp3) is 0.250. The maximum absolute atomic E-state index is 5.78. The molecule has 0 aliphatic rings. The third-order valence-electron chi connectivity index (χ3n) is 3.14. The van der Waals surface area contributed by atoms with Gasteiger partial charge in [0.2, 0.25) is 0 Å². The van der Waals surface area contributed by atoms with Crippen LogP contribution in [0.25, 0.3) is 10.8 Å². The van der Waals surface area contributed by atoms with E-state index in [-0.39, 0.29) is 0 Å². The lowest BCUT2D eigenvalue weighted by Gasteiger charge is -2.04. The molecule has 0 radical (unpaired) electrons. The second kappa shape index (κ2) is 10.5. The summed E-state index contributed by atoms with van der Waals surface area (Å²) < 4.78 is 0. The van der Waals surface area contributed by atoms with Crippen LogP contribution in [-0.2, 0) is 0 Å². The first-order chi connectivity index (χ1) is 11.7. The predicted molar refractivity (Wildman–Crippen MR) is 105 cm³/mol. The number of pyridine rings is 1. The van der Waals surface area contributed by atoms with Gasteiger partial charge >= 0.3 is 0 Å². The minimum absolute atomic E-state index is 0.543. The number of aryl methyl sites for hydroxylation is 1. The van der Waals surface area contributed by atoms with Crippen molar-refractivity contribution in [1.82, 2.24) is 4.98 Å². The summed E-state index contributed by atoms with van der Waals surface area (Å²) in [6.45, 7) is 10.0. The molecule has 2 aromatic carbocycles. The summed E-state index contributed by atoms with van der Waals surface area (Å²) in [5, 5.41) is 11.4. The molecule has 0 unspecified atom stereocenters. The van der Waals surface area contributed by atoms with Crippen molar-refractivity contribution >= 4 is 33.9 Å². The number of nitrogens with zero attached hydrogens (tertiary/aromatic N) is 3. The molecule has 3 aromatic rings. The van der Waals surface area contributed by atoms with Crippen molar-refractivity contribution in [3.05, 3.63) is 65.3 Å². The highest BCUT2D eigenvalue weighted by molar-refractivity contribution is 6.30. The van der Waals surface area contributed by atoms with E-state index in [0.29, 0.717) is 10.8 Å². The highest BCUT2D eigenvalue weighted by Gasteiger charge is 2.02. The first-order valence-corrected chi connectivity index (χ1v) is 8.63. The Hall–Kier alpha value is -2.26. The third kappa shape index (κ3) is 5.14. The fourth-order valence-electron chi connectivity index (χ4n) is 2.06. The van der Waals surface area contributed by atoms with E-state index in [4.69, 9.17) is 11.6 Å². The van der Waals surface area contributed by atoms with Crippen molar-refractivity contribution in [2.24, 2.45) is 10.2 Å². The molecule has 0 saturated carbocycles. The number of fused-ring (bicyclic) bond motifs is 1. The summed E-state index contributed by atoms with van der Waals surface area (Å²) in [5.74, 6) is 0.543. The van der Waals surface area contributed by atoms with Crippen LogP contribution in [0.3, 0.4) is 0 Å². The Labute approximate surface area is 149 Å². The minimum Gasteiger partial charge on any atom is -0.234 e. The van der Waals surface area contributed by atoms with Crippen molar-refractivity contribution in [3.63, 3.8) is 0 Å². The highest BCUT2D eigenvalue weighted by Crippen LogP contribution is 2.28. The molecule has 0 amide bonds. The van der Waals surface area contributed by atoms with Gasteiger partial charge in [-0.1, -0.05) is 69.6 Å². The number of aromatic nitrogens is 1. The number of benzene rings is 2. The standard InChI is InChI=1S/C16H12ClN3.2C2H6/c1-11-14-5-3-2-4-12(14)6-8-15(11)19-20-16-9-7-13(17)10-18-16;2*1-2/h2-10H,1H3;2*1-2H3. The van der Waals surface area contributed by atoms with Crippen LogP contribution < -0.4 is 0 Å². The van der Waals surface area contributed by atoms with E-state index in [9.17, 15) is 0 Å². The summed E-state index contributed by atoms with van der Waals surface area (Å²) in [4.78, 5) is 4.09. The van der Waals surface area contributed by atoms with Crippen LogP contribution in [0.2, 0.25) is 5.02 Å². The van der Waals surface area contributed by atoms with Gasteiger partial charge in [0.15, 0.2) is 5.82 Å². The molecule has 126 valence electrons. The predicted octanol–water partition coefficient (Wildman–Crippen LogP) is 7.66. The van der Waals surface area contributed by atoms with Crippen LogP contribution in [0.5, 0.6) is 0 Å². The molecule has 0 atom stereocenters. The van der Waals surface area contributed by atoms with Gasteiger partial charge in [0.1, 0.15) is 0 Å². The van der Waals surface area contributed by atoms with Crippen LogP contribution in [-0.4, -0.2) is 4.98 Å². The van der Waals surface area contributed by atoms with Crippen LogP contribution in [0.1, 0.15) is 33.3 Å². The molecule has 0 aliphatic carbocycles. The van der Waals surface area contributed by atoms with Crippen molar-refractivity contribution in [2.75, 3.05) is 0 Å². The van der Waals surface area contributed by atoms with E-state index >= 15 is 0 Å². The number of rotatable bonds is 2. The molecule has 3 rings (SSSR count). The van der Waals surface area contributed by atoms with Crippen molar-refractivity contribution < 1.29 is 0 Å². The van der Waals surface area contributed by atoms with E-state index < -0.39 is 0 Å². The topological polar surface area (TPSA) is 37.6 Å². The number of azo groups is 1. The molecular formula is C20H24ClN3. The van der Waals surface area contributed by atoms with Crippen molar-refractivity contribution in [1.29, 1.82) is 0 Å². The summed E-state index contributed by atoms with van der Waals surface area (Å²) >= 11 is 5.78. The molecule has 0 fully saturated rings. The molecule has 0 N–H and O–H groups in total. The fourth-order valence-corrected chi connectivity index (χ4v) is 2.17. The smallest absolute Gasteiger partial charge is 0.174 e. The Morgan fingerprint density at radius 2 is 1.54 bits per heavy atom. The molecule has 0 saturated heterocycles. The van der Waals surface area contributed by atoms with Crippen molar-refractivity contribution in [3.8, 4) is 0 Å². The lowest BCUT2D eigenvalue weighted by Crippen LogP contribution is -1.79. The summed E-state index contributed by atoms with van der Waals surface area (Å²) in [5.41, 5.74) is 1.96. The lowest BCUT2D eigenvalue weighted by atomic mass is 10.0. The molecule has 3 nitrogen and oxygen atoms in total. The van der Waals surface area contributed by atoms with Gasteiger partial charge in [0, 0.05) is 6.20 Å². The number of hydrogen-bond donors (Lipinski definition) is 0. The quantitative estimate of drug-likeness (QED) is 0.440. The Morgan fingerprint density at radius 3 is 2.21 bits per heavy atom. The lowest BCUT2D eigenvalue weighted by molar-refractivity contribution is 1.15. The van der Waals surface area contributed by atoms with Gasteiger partial charge in [-0.05, 0) is 41.5 Å². The second-order valence-corrected chi connectivity index (χ2v) is 4.90. The summed E-state index contributed by atoms with van der Waals surface area (Å²) in [6.07, 6.45) is 1.56. The monoisotopic (exact) mass is 341 g/mol. The molecule has 1 heterocycles. The zero-order valence-electron chi connectivity index (χ0n) is 14.9. The molecule has 0 bridgehead atoms. The first-order valence-electron chi connectivity index (χ1n) is 8.26. The van der Waals surface area contributed by atoms with E-state index in [1.165, 1.54) is 10.8 Å². The SMILES string of the molecule is CC.CC.Cc1c(N=Nc2ccc(Cl)cn2)ccc2ccccc12. The van der Waals surface area contributed by atoms with Crippen LogP contribution in [0, 0.1) is 6.92 Å². The van der Waals surface area contributed by atoms with E-state index in [2.05, 4.69) is 27.3 Å². The van der Waals surface area contributed by atoms with E-state index in [1.54, 1.807) is 18.3 Å². The molecule has 0 spiro atoms. The van der Waals surface area contributed by atoms with Gasteiger partial charge in [-0.3, -0.25) is 0 Å². The third-order valence-corrected chi connectivity index (χ3v) is 3.37. The molecule has 1 aromatic heterocycles. The summed E-state index contributed by atoms with van der Waals surface area (Å²) in [7, 11) is 0. The largest absolute Gasteiger partial charge is 0.234 e. The maximum atomic E-state index is 5.78. The van der Waals surface area contributed by atoms with Gasteiger partial charge in [-0.25, -0.2) is 4.98 Å². The summed E-state index contributed by atoms with van der Waals surface area (Å²) in [6, 6.07) is 15.7. The minimum atomic E-state index is 0.543. The Kier molecular flexibility index (Phi) is 8.66. The van der Waals surface area contributed by atoms with Crippen LogP contribution >= 0.6 is 11.6 Å². The highest BCUT2D eigenvalue weighted by atomic mass is 35.5. The van der Waals surface area contributed by atoms with Crippen LogP contribution in [0.15, 0.2) is 65.0 Å². The zero-order chi connectivity index (χ0) is 17.9. The van der Waals surface area contributed by atoms with E-state index in [1.807, 2.05) is 58.9 Å². The van der Waals surface area contributed by atoms with Gasteiger partial charge in [-0.15, -0.1) is 10.2 Å². The Bertz CT molecular complexity index is 780. The Balaban J connectivity index is 0.000000671. The van der Waals surface area contributed by atoms with Gasteiger partial charge < -0.3 is 0 Å². The number of halogens is 1. The molecule has 24 heavy (non-hydrogen) atoms. The average Bonchev–Trinajstić information content (AvgIpc) is 2.66. The maximum Gasteiger partial charge on any atom is 0.174 e. The molecule has 4 heteroatoms. The second-order valence-electron chi connectivity index (χ2n) is 4.47. The van der Waals surface area contributed by atoms with Gasteiger partial charge in [-0.2, -0.15) is 0 Å².